The Morgan fingerprint density at radius 1 is 1.16 bits per heavy atom. The number of halogens is 1. The fourth-order valence-corrected chi connectivity index (χ4v) is 2.42. The van der Waals surface area contributed by atoms with Gasteiger partial charge in [0.15, 0.2) is 11.6 Å². The number of likely N-dealkylation sites (tertiary alicyclic amines) is 1. The molecule has 1 fully saturated rings. The quantitative estimate of drug-likeness (QED) is 0.889. The molecule has 1 aromatic carbocycles. The first-order valence-electron chi connectivity index (χ1n) is 7.03. The van der Waals surface area contributed by atoms with Gasteiger partial charge in [0.2, 0.25) is 0 Å². The number of benzene rings is 1. The fraction of sp³-hybridized carbons (Fsp3) is 0.600. The van der Waals surface area contributed by atoms with Crippen LogP contribution in [0.3, 0.4) is 0 Å². The fourth-order valence-electron chi connectivity index (χ4n) is 2.42. The van der Waals surface area contributed by atoms with E-state index in [0.717, 1.165) is 13.1 Å². The average molecular weight is 267 g/mol. The van der Waals surface area contributed by atoms with Gasteiger partial charge >= 0.3 is 0 Å². The minimum atomic E-state index is -0.572. The van der Waals surface area contributed by atoms with E-state index < -0.39 is 6.10 Å². The van der Waals surface area contributed by atoms with Gasteiger partial charge in [0.1, 0.15) is 12.7 Å². The molecule has 2 rings (SSSR count). The lowest BCUT2D eigenvalue weighted by molar-refractivity contribution is 0.0679. The molecule has 1 aromatic rings. The van der Waals surface area contributed by atoms with Crippen LogP contribution in [0.5, 0.6) is 5.75 Å². The summed E-state index contributed by atoms with van der Waals surface area (Å²) in [5.74, 6) is -0.179. The molecule has 3 nitrogen and oxygen atoms in total. The largest absolute Gasteiger partial charge is 0.488 e. The minimum Gasteiger partial charge on any atom is -0.488 e. The zero-order valence-corrected chi connectivity index (χ0v) is 11.2. The van der Waals surface area contributed by atoms with E-state index in [-0.39, 0.29) is 18.2 Å². The first-order valence-corrected chi connectivity index (χ1v) is 7.03. The van der Waals surface area contributed by atoms with Crippen molar-refractivity contribution in [3.05, 3.63) is 30.1 Å². The Labute approximate surface area is 114 Å². The molecule has 4 heteroatoms. The standard InChI is InChI=1S/C15H22FNO2/c16-14-7-3-4-8-15(14)19-12-13(18)11-17-9-5-1-2-6-10-17/h3-4,7-8,13,18H,1-2,5-6,9-12H2. The van der Waals surface area contributed by atoms with Crippen molar-refractivity contribution in [3.63, 3.8) is 0 Å². The summed E-state index contributed by atoms with van der Waals surface area (Å²) in [7, 11) is 0. The van der Waals surface area contributed by atoms with Crippen LogP contribution in [0.1, 0.15) is 25.7 Å². The topological polar surface area (TPSA) is 32.7 Å². The Balaban J connectivity index is 1.74. The third kappa shape index (κ3) is 4.80. The van der Waals surface area contributed by atoms with E-state index in [4.69, 9.17) is 4.74 Å². The van der Waals surface area contributed by atoms with E-state index in [1.165, 1.54) is 31.7 Å². The van der Waals surface area contributed by atoms with Gasteiger partial charge in [0.25, 0.3) is 0 Å². The zero-order valence-electron chi connectivity index (χ0n) is 11.2. The number of rotatable bonds is 5. The molecule has 0 saturated carbocycles. The molecule has 1 unspecified atom stereocenters. The third-order valence-corrected chi connectivity index (χ3v) is 3.44. The van der Waals surface area contributed by atoms with Crippen molar-refractivity contribution in [3.8, 4) is 5.75 Å². The van der Waals surface area contributed by atoms with Crippen molar-refractivity contribution in [2.24, 2.45) is 0 Å². The van der Waals surface area contributed by atoms with Gasteiger partial charge in [-0.25, -0.2) is 4.39 Å². The van der Waals surface area contributed by atoms with Crippen LogP contribution in [0.15, 0.2) is 24.3 Å². The predicted octanol–water partition coefficient (Wildman–Crippen LogP) is 2.44. The molecule has 1 aliphatic heterocycles. The molecule has 106 valence electrons. The Kier molecular flexibility index (Phi) is 5.61. The first kappa shape index (κ1) is 14.3. The molecule has 0 aromatic heterocycles. The van der Waals surface area contributed by atoms with Crippen LogP contribution in [0.4, 0.5) is 4.39 Å². The second-order valence-electron chi connectivity index (χ2n) is 5.11. The molecule has 0 aliphatic carbocycles. The number of aliphatic hydroxyl groups excluding tert-OH is 1. The number of β-amino-alcohol motifs (C(OH)–C–C–N with tert-alkyl or cyclic N) is 1. The second kappa shape index (κ2) is 7.46. The molecule has 0 radical (unpaired) electrons. The lowest BCUT2D eigenvalue weighted by Crippen LogP contribution is -2.36. The number of para-hydroxylation sites is 1. The highest BCUT2D eigenvalue weighted by Crippen LogP contribution is 2.16. The molecule has 1 aliphatic rings. The van der Waals surface area contributed by atoms with Gasteiger partial charge in [-0.05, 0) is 38.1 Å². The van der Waals surface area contributed by atoms with E-state index in [1.54, 1.807) is 18.2 Å². The lowest BCUT2D eigenvalue weighted by atomic mass is 10.2. The maximum Gasteiger partial charge on any atom is 0.165 e. The van der Waals surface area contributed by atoms with Crippen molar-refractivity contribution in [2.75, 3.05) is 26.2 Å². The summed E-state index contributed by atoms with van der Waals surface area (Å²) >= 11 is 0. The molecular formula is C15H22FNO2. The second-order valence-corrected chi connectivity index (χ2v) is 5.11. The summed E-state index contributed by atoms with van der Waals surface area (Å²) in [5.41, 5.74) is 0. The Bertz CT molecular complexity index is 378. The van der Waals surface area contributed by atoms with Crippen molar-refractivity contribution in [2.45, 2.75) is 31.8 Å². The van der Waals surface area contributed by atoms with E-state index in [1.807, 2.05) is 0 Å². The van der Waals surface area contributed by atoms with Gasteiger partial charge in [0, 0.05) is 6.54 Å². The Hall–Kier alpha value is -1.13. The van der Waals surface area contributed by atoms with Crippen LogP contribution in [-0.2, 0) is 0 Å². The van der Waals surface area contributed by atoms with Crippen molar-refractivity contribution in [1.29, 1.82) is 0 Å². The summed E-state index contributed by atoms with van der Waals surface area (Å²) in [6.07, 6.45) is 4.37. The predicted molar refractivity (Wildman–Crippen MR) is 72.8 cm³/mol. The van der Waals surface area contributed by atoms with E-state index >= 15 is 0 Å². The summed E-state index contributed by atoms with van der Waals surface area (Å²) in [6, 6.07) is 6.28. The average Bonchev–Trinajstić information content (AvgIpc) is 2.66. The Morgan fingerprint density at radius 2 is 1.84 bits per heavy atom. The number of aliphatic hydroxyl groups is 1. The van der Waals surface area contributed by atoms with Crippen molar-refractivity contribution in [1.82, 2.24) is 4.90 Å². The number of nitrogens with zero attached hydrogens (tertiary/aromatic N) is 1. The highest BCUT2D eigenvalue weighted by atomic mass is 19.1. The van der Waals surface area contributed by atoms with E-state index in [2.05, 4.69) is 4.90 Å². The molecule has 0 bridgehead atoms. The van der Waals surface area contributed by atoms with Crippen molar-refractivity contribution >= 4 is 0 Å². The number of ether oxygens (including phenoxy) is 1. The van der Waals surface area contributed by atoms with Gasteiger partial charge in [0.05, 0.1) is 0 Å². The monoisotopic (exact) mass is 267 g/mol. The molecule has 1 atom stereocenters. The zero-order chi connectivity index (χ0) is 13.5. The normalized spacial score (nSPS) is 18.8. The maximum absolute atomic E-state index is 13.3. The molecule has 1 saturated heterocycles. The summed E-state index contributed by atoms with van der Waals surface area (Å²) < 4.78 is 18.7. The van der Waals surface area contributed by atoms with Crippen LogP contribution in [0.2, 0.25) is 0 Å². The highest BCUT2D eigenvalue weighted by Gasteiger charge is 2.14. The van der Waals surface area contributed by atoms with Gasteiger partial charge < -0.3 is 14.7 Å². The summed E-state index contributed by atoms with van der Waals surface area (Å²) in [4.78, 5) is 2.27. The molecule has 0 spiro atoms. The maximum atomic E-state index is 13.3. The van der Waals surface area contributed by atoms with Crippen LogP contribution in [-0.4, -0.2) is 42.4 Å². The molecule has 19 heavy (non-hydrogen) atoms. The van der Waals surface area contributed by atoms with Gasteiger partial charge in [-0.2, -0.15) is 0 Å². The van der Waals surface area contributed by atoms with Crippen LogP contribution < -0.4 is 4.74 Å². The SMILES string of the molecule is OC(COc1ccccc1F)CN1CCCCCC1. The first-order chi connectivity index (χ1) is 9.25. The van der Waals surface area contributed by atoms with Crippen LogP contribution in [0, 0.1) is 5.82 Å². The van der Waals surface area contributed by atoms with Crippen molar-refractivity contribution < 1.29 is 14.2 Å². The lowest BCUT2D eigenvalue weighted by Gasteiger charge is -2.23. The van der Waals surface area contributed by atoms with Gasteiger partial charge in [-0.1, -0.05) is 25.0 Å². The smallest absolute Gasteiger partial charge is 0.165 e. The molecule has 0 amide bonds. The van der Waals surface area contributed by atoms with Gasteiger partial charge in [-0.3, -0.25) is 0 Å². The van der Waals surface area contributed by atoms with E-state index in [9.17, 15) is 9.50 Å². The number of hydrogen-bond donors (Lipinski definition) is 1. The summed E-state index contributed by atoms with van der Waals surface area (Å²) in [5, 5.41) is 9.96. The highest BCUT2D eigenvalue weighted by molar-refractivity contribution is 5.23. The van der Waals surface area contributed by atoms with E-state index in [0.29, 0.717) is 6.54 Å². The third-order valence-electron chi connectivity index (χ3n) is 3.44. The summed E-state index contributed by atoms with van der Waals surface area (Å²) in [6.45, 7) is 2.82. The minimum absolute atomic E-state index is 0.136. The number of hydrogen-bond acceptors (Lipinski definition) is 3. The van der Waals surface area contributed by atoms with Crippen LogP contribution in [0.25, 0.3) is 0 Å². The van der Waals surface area contributed by atoms with Crippen LogP contribution >= 0.6 is 0 Å². The molecule has 1 N–H and O–H groups in total. The Morgan fingerprint density at radius 3 is 2.53 bits per heavy atom. The molecule has 1 heterocycles. The van der Waals surface area contributed by atoms with Gasteiger partial charge in [-0.15, -0.1) is 0 Å². The molecular weight excluding hydrogens is 245 g/mol.